The summed E-state index contributed by atoms with van der Waals surface area (Å²) in [5.74, 6) is -0.372. The van der Waals surface area contributed by atoms with Crippen LogP contribution in [0.5, 0.6) is 0 Å². The Labute approximate surface area is 185 Å². The molecule has 164 valence electrons. The first kappa shape index (κ1) is 21.4. The first-order chi connectivity index (χ1) is 15.1. The van der Waals surface area contributed by atoms with E-state index in [0.717, 1.165) is 16.7 Å². The molecule has 0 bridgehead atoms. The van der Waals surface area contributed by atoms with Crippen LogP contribution in [0.2, 0.25) is 0 Å². The maximum Gasteiger partial charge on any atom is 0.251 e. The van der Waals surface area contributed by atoms with E-state index in [1.807, 2.05) is 49.7 Å². The van der Waals surface area contributed by atoms with Crippen LogP contribution in [0.15, 0.2) is 48.8 Å². The lowest BCUT2D eigenvalue weighted by Gasteiger charge is -2.19. The fourth-order valence-corrected chi connectivity index (χ4v) is 3.54. The molecule has 0 saturated carbocycles. The highest BCUT2D eigenvalue weighted by Crippen LogP contribution is 2.32. The zero-order valence-corrected chi connectivity index (χ0v) is 18.5. The Morgan fingerprint density at radius 1 is 1.12 bits per heavy atom. The number of rotatable bonds is 4. The number of nitrogens with one attached hydrogen (secondary N) is 1. The molecule has 2 aromatic carbocycles. The van der Waals surface area contributed by atoms with Crippen LogP contribution in [0.25, 0.3) is 22.3 Å². The second-order valence-corrected chi connectivity index (χ2v) is 8.73. The number of hydrogen-bond acceptors (Lipinski definition) is 5. The Bertz CT molecular complexity index is 1300. The fourth-order valence-electron chi connectivity index (χ4n) is 3.54. The van der Waals surface area contributed by atoms with Gasteiger partial charge in [0, 0.05) is 17.7 Å². The molecule has 4 rings (SSSR count). The van der Waals surface area contributed by atoms with E-state index in [0.29, 0.717) is 34.7 Å². The molecule has 0 aliphatic heterocycles. The van der Waals surface area contributed by atoms with Crippen LogP contribution in [-0.4, -0.2) is 25.7 Å². The monoisotopic (exact) mass is 432 g/mol. The van der Waals surface area contributed by atoms with Crippen molar-refractivity contribution in [3.63, 3.8) is 0 Å². The number of fused-ring (bicyclic) bond motifs is 1. The minimum Gasteiger partial charge on any atom is -0.383 e. The summed E-state index contributed by atoms with van der Waals surface area (Å²) in [6.45, 7) is 8.24. The van der Waals surface area contributed by atoms with Crippen molar-refractivity contribution in [2.45, 2.75) is 39.8 Å². The lowest BCUT2D eigenvalue weighted by atomic mass is 10.1. The molecule has 2 heterocycles. The highest BCUT2D eigenvalue weighted by atomic mass is 19.1. The van der Waals surface area contributed by atoms with E-state index < -0.39 is 5.82 Å². The summed E-state index contributed by atoms with van der Waals surface area (Å²) < 4.78 is 15.3. The number of amides is 1. The SMILES string of the molecule is Cc1ccc(F)cc1C(=O)NCc1ccc(-c2nn(C(C)(C)C)c3ncnc(N)c23)cc1. The Balaban J connectivity index is 1.59. The Kier molecular flexibility index (Phi) is 5.38. The molecule has 7 nitrogen and oxygen atoms in total. The molecule has 0 aliphatic rings. The number of benzene rings is 2. The number of carbonyl (C=O) groups is 1. The van der Waals surface area contributed by atoms with E-state index in [4.69, 9.17) is 10.8 Å². The van der Waals surface area contributed by atoms with Crippen molar-refractivity contribution in [2.24, 2.45) is 0 Å². The smallest absolute Gasteiger partial charge is 0.251 e. The van der Waals surface area contributed by atoms with Crippen molar-refractivity contribution in [1.29, 1.82) is 0 Å². The van der Waals surface area contributed by atoms with E-state index >= 15 is 0 Å². The van der Waals surface area contributed by atoms with Gasteiger partial charge in [-0.2, -0.15) is 5.10 Å². The summed E-state index contributed by atoms with van der Waals surface area (Å²) in [6, 6.07) is 11.9. The standard InChI is InChI=1S/C24H25FN6O/c1-14-5-10-17(25)11-18(14)23(32)27-12-15-6-8-16(9-7-15)20-19-21(26)28-13-29-22(19)31(30-20)24(2,3)4/h5-11,13H,12H2,1-4H3,(H,27,32)(H2,26,28,29). The fraction of sp³-hybridized carbons (Fsp3) is 0.250. The summed E-state index contributed by atoms with van der Waals surface area (Å²) in [5.41, 5.74) is 10.1. The zero-order valence-electron chi connectivity index (χ0n) is 18.5. The van der Waals surface area contributed by atoms with Crippen LogP contribution >= 0.6 is 0 Å². The number of nitrogens with two attached hydrogens (primary N) is 1. The largest absolute Gasteiger partial charge is 0.383 e. The molecule has 32 heavy (non-hydrogen) atoms. The van der Waals surface area contributed by atoms with Crippen molar-refractivity contribution in [3.8, 4) is 11.3 Å². The van der Waals surface area contributed by atoms with Gasteiger partial charge in [-0.15, -0.1) is 0 Å². The summed E-state index contributed by atoms with van der Waals surface area (Å²) in [4.78, 5) is 21.0. The van der Waals surface area contributed by atoms with Gasteiger partial charge in [0.25, 0.3) is 5.91 Å². The summed E-state index contributed by atoms with van der Waals surface area (Å²) >= 11 is 0. The van der Waals surface area contributed by atoms with Gasteiger partial charge in [0.2, 0.25) is 0 Å². The minimum atomic E-state index is -0.435. The molecule has 1 amide bonds. The predicted octanol–water partition coefficient (Wildman–Crippen LogP) is 4.21. The molecule has 0 radical (unpaired) electrons. The number of carbonyl (C=O) groups excluding carboxylic acids is 1. The molecule has 0 aliphatic carbocycles. The van der Waals surface area contributed by atoms with E-state index in [1.54, 1.807) is 13.0 Å². The van der Waals surface area contributed by atoms with Crippen LogP contribution in [0.1, 0.15) is 42.3 Å². The quantitative estimate of drug-likeness (QED) is 0.503. The predicted molar refractivity (Wildman–Crippen MR) is 122 cm³/mol. The molecular weight excluding hydrogens is 407 g/mol. The molecule has 0 spiro atoms. The topological polar surface area (TPSA) is 98.7 Å². The molecular formula is C24H25FN6O. The third-order valence-electron chi connectivity index (χ3n) is 5.25. The number of nitrogen functional groups attached to an aromatic ring is 1. The van der Waals surface area contributed by atoms with Gasteiger partial charge in [-0.25, -0.2) is 19.0 Å². The average molecular weight is 433 g/mol. The van der Waals surface area contributed by atoms with E-state index in [1.165, 1.54) is 18.5 Å². The second-order valence-electron chi connectivity index (χ2n) is 8.73. The Morgan fingerprint density at radius 3 is 2.53 bits per heavy atom. The molecule has 8 heteroatoms. The van der Waals surface area contributed by atoms with Crippen LogP contribution in [0.4, 0.5) is 10.2 Å². The zero-order chi connectivity index (χ0) is 23.0. The molecule has 0 fully saturated rings. The van der Waals surface area contributed by atoms with Crippen LogP contribution in [0, 0.1) is 12.7 Å². The van der Waals surface area contributed by atoms with Crippen molar-refractivity contribution >= 4 is 22.8 Å². The van der Waals surface area contributed by atoms with Gasteiger partial charge in [-0.3, -0.25) is 4.79 Å². The van der Waals surface area contributed by atoms with Gasteiger partial charge in [0.05, 0.1) is 10.9 Å². The molecule has 4 aromatic rings. The highest BCUT2D eigenvalue weighted by Gasteiger charge is 2.23. The number of aryl methyl sites for hydroxylation is 1. The maximum absolute atomic E-state index is 13.5. The first-order valence-corrected chi connectivity index (χ1v) is 10.3. The van der Waals surface area contributed by atoms with E-state index in [9.17, 15) is 9.18 Å². The lowest BCUT2D eigenvalue weighted by Crippen LogP contribution is -2.23. The van der Waals surface area contributed by atoms with Crippen molar-refractivity contribution < 1.29 is 9.18 Å². The molecule has 3 N–H and O–H groups in total. The van der Waals surface area contributed by atoms with Gasteiger partial charge in [0.15, 0.2) is 5.65 Å². The average Bonchev–Trinajstić information content (AvgIpc) is 3.16. The molecule has 2 aromatic heterocycles. The van der Waals surface area contributed by atoms with Crippen LogP contribution in [0.3, 0.4) is 0 Å². The third-order valence-corrected chi connectivity index (χ3v) is 5.25. The third kappa shape index (κ3) is 4.03. The number of aromatic nitrogens is 4. The van der Waals surface area contributed by atoms with Gasteiger partial charge in [-0.05, 0) is 51.0 Å². The number of anilines is 1. The van der Waals surface area contributed by atoms with E-state index in [2.05, 4.69) is 15.3 Å². The highest BCUT2D eigenvalue weighted by molar-refractivity contribution is 5.98. The van der Waals surface area contributed by atoms with Crippen molar-refractivity contribution in [1.82, 2.24) is 25.1 Å². The number of hydrogen-bond donors (Lipinski definition) is 2. The first-order valence-electron chi connectivity index (χ1n) is 10.3. The lowest BCUT2D eigenvalue weighted by molar-refractivity contribution is 0.0950. The van der Waals surface area contributed by atoms with Gasteiger partial charge in [-0.1, -0.05) is 30.3 Å². The number of halogens is 1. The molecule has 0 unspecified atom stereocenters. The Morgan fingerprint density at radius 2 is 1.84 bits per heavy atom. The molecule has 0 atom stereocenters. The summed E-state index contributed by atoms with van der Waals surface area (Å²) in [7, 11) is 0. The van der Waals surface area contributed by atoms with E-state index in [-0.39, 0.29) is 11.4 Å². The van der Waals surface area contributed by atoms with Gasteiger partial charge >= 0.3 is 0 Å². The van der Waals surface area contributed by atoms with Crippen molar-refractivity contribution in [3.05, 3.63) is 71.3 Å². The second kappa shape index (κ2) is 8.03. The number of nitrogens with zero attached hydrogens (tertiary/aromatic N) is 4. The minimum absolute atomic E-state index is 0.281. The normalized spacial score (nSPS) is 11.7. The summed E-state index contributed by atoms with van der Waals surface area (Å²) in [5, 5.41) is 8.34. The Hall–Kier alpha value is -3.81. The maximum atomic E-state index is 13.5. The van der Waals surface area contributed by atoms with Crippen LogP contribution in [-0.2, 0) is 12.1 Å². The van der Waals surface area contributed by atoms with Crippen LogP contribution < -0.4 is 11.1 Å². The van der Waals surface area contributed by atoms with Gasteiger partial charge < -0.3 is 11.1 Å². The van der Waals surface area contributed by atoms with Crippen molar-refractivity contribution in [2.75, 3.05) is 5.73 Å². The summed E-state index contributed by atoms with van der Waals surface area (Å²) in [6.07, 6.45) is 1.44. The van der Waals surface area contributed by atoms with Gasteiger partial charge in [0.1, 0.15) is 23.7 Å². The molecule has 0 saturated heterocycles.